The van der Waals surface area contributed by atoms with Crippen molar-refractivity contribution in [2.24, 2.45) is 5.92 Å². The summed E-state index contributed by atoms with van der Waals surface area (Å²) in [6.45, 7) is 7.95. The number of aromatic nitrogens is 1. The van der Waals surface area contributed by atoms with Gasteiger partial charge < -0.3 is 9.72 Å². The average Bonchev–Trinajstić information content (AvgIpc) is 2.88. The molecule has 124 valence electrons. The Labute approximate surface area is 141 Å². The minimum Gasteiger partial charge on any atom is -0.493 e. The number of hydrogen-bond donors (Lipinski definition) is 1. The smallest absolute Gasteiger partial charge is 0.305 e. The van der Waals surface area contributed by atoms with Gasteiger partial charge in [-0.2, -0.15) is 0 Å². The number of nitrogens with zero attached hydrogens (tertiary/aromatic N) is 1. The summed E-state index contributed by atoms with van der Waals surface area (Å²) in [6, 6.07) is 7.93. The Morgan fingerprint density at radius 1 is 1.39 bits per heavy atom. The number of H-pyrrole nitrogens is 1. The maximum absolute atomic E-state index is 12.0. The molecule has 1 saturated heterocycles. The number of rotatable bonds is 5. The Hall–Kier alpha value is -1.59. The van der Waals surface area contributed by atoms with E-state index in [1.807, 2.05) is 31.2 Å². The summed E-state index contributed by atoms with van der Waals surface area (Å²) in [7, 11) is 0. The molecule has 1 aromatic heterocycles. The molecular formula is C18H24N2O2S. The number of hydrogen-bond acceptors (Lipinski definition) is 4. The fourth-order valence-corrected chi connectivity index (χ4v) is 4.16. The molecule has 0 radical (unpaired) electrons. The van der Waals surface area contributed by atoms with Crippen molar-refractivity contribution in [3.8, 4) is 17.0 Å². The van der Waals surface area contributed by atoms with E-state index in [9.17, 15) is 4.79 Å². The molecule has 23 heavy (non-hydrogen) atoms. The van der Waals surface area contributed by atoms with Crippen LogP contribution in [-0.2, 0) is 6.54 Å². The van der Waals surface area contributed by atoms with Crippen LogP contribution in [0.3, 0.4) is 0 Å². The van der Waals surface area contributed by atoms with E-state index in [0.717, 1.165) is 47.4 Å². The third kappa shape index (κ3) is 3.85. The first-order valence-electron chi connectivity index (χ1n) is 8.34. The topological polar surface area (TPSA) is 45.3 Å². The van der Waals surface area contributed by atoms with Crippen molar-refractivity contribution >= 4 is 11.3 Å². The largest absolute Gasteiger partial charge is 0.493 e. The van der Waals surface area contributed by atoms with Crippen LogP contribution in [0.1, 0.15) is 31.6 Å². The lowest BCUT2D eigenvalue weighted by atomic mass is 10.00. The van der Waals surface area contributed by atoms with E-state index in [-0.39, 0.29) is 4.87 Å². The number of thiazole rings is 1. The van der Waals surface area contributed by atoms with Crippen molar-refractivity contribution in [2.75, 3.05) is 19.7 Å². The van der Waals surface area contributed by atoms with Gasteiger partial charge in [-0.25, -0.2) is 0 Å². The Kier molecular flexibility index (Phi) is 5.18. The number of para-hydroxylation sites is 1. The number of likely N-dealkylation sites (tertiary alicyclic amines) is 1. The first kappa shape index (κ1) is 16.3. The summed E-state index contributed by atoms with van der Waals surface area (Å²) in [4.78, 5) is 18.6. The fourth-order valence-electron chi connectivity index (χ4n) is 3.28. The van der Waals surface area contributed by atoms with Gasteiger partial charge in [-0.3, -0.25) is 9.69 Å². The van der Waals surface area contributed by atoms with Crippen LogP contribution in [0.25, 0.3) is 11.3 Å². The highest BCUT2D eigenvalue weighted by molar-refractivity contribution is 7.09. The third-order valence-corrected chi connectivity index (χ3v) is 5.15. The van der Waals surface area contributed by atoms with Crippen LogP contribution in [0.4, 0.5) is 0 Å². The molecule has 1 atom stereocenters. The molecule has 3 rings (SSSR count). The van der Waals surface area contributed by atoms with Gasteiger partial charge in [-0.1, -0.05) is 30.4 Å². The van der Waals surface area contributed by atoms with Crippen molar-refractivity contribution in [1.29, 1.82) is 0 Å². The van der Waals surface area contributed by atoms with Gasteiger partial charge in [-0.15, -0.1) is 0 Å². The molecule has 1 unspecified atom stereocenters. The molecular weight excluding hydrogens is 308 g/mol. The van der Waals surface area contributed by atoms with E-state index in [0.29, 0.717) is 6.61 Å². The third-order valence-electron chi connectivity index (χ3n) is 4.29. The van der Waals surface area contributed by atoms with Crippen molar-refractivity contribution in [2.45, 2.75) is 33.2 Å². The van der Waals surface area contributed by atoms with Gasteiger partial charge in [0.15, 0.2) is 0 Å². The summed E-state index contributed by atoms with van der Waals surface area (Å²) in [6.07, 6.45) is 2.55. The minimum absolute atomic E-state index is 0.00589. The predicted molar refractivity (Wildman–Crippen MR) is 95.2 cm³/mol. The molecule has 0 saturated carbocycles. The molecule has 0 aliphatic carbocycles. The van der Waals surface area contributed by atoms with Gasteiger partial charge in [0.05, 0.1) is 12.3 Å². The lowest BCUT2D eigenvalue weighted by Crippen LogP contribution is -2.33. The maximum Gasteiger partial charge on any atom is 0.305 e. The molecule has 1 fully saturated rings. The van der Waals surface area contributed by atoms with Gasteiger partial charge in [0.25, 0.3) is 0 Å². The zero-order chi connectivity index (χ0) is 16.2. The van der Waals surface area contributed by atoms with E-state index in [1.54, 1.807) is 0 Å². The molecule has 5 heteroatoms. The van der Waals surface area contributed by atoms with Gasteiger partial charge in [-0.05, 0) is 44.4 Å². The second-order valence-corrected chi connectivity index (χ2v) is 7.29. The van der Waals surface area contributed by atoms with Crippen LogP contribution in [0.2, 0.25) is 0 Å². The molecule has 1 aliphatic rings. The second kappa shape index (κ2) is 7.32. The average molecular weight is 332 g/mol. The first-order valence-corrected chi connectivity index (χ1v) is 9.15. The van der Waals surface area contributed by atoms with Gasteiger partial charge in [0.2, 0.25) is 0 Å². The number of benzene rings is 1. The Bertz CT molecular complexity index is 707. The van der Waals surface area contributed by atoms with Crippen LogP contribution < -0.4 is 9.61 Å². The predicted octanol–water partition coefficient (Wildman–Crippen LogP) is 3.73. The van der Waals surface area contributed by atoms with Crippen molar-refractivity contribution < 1.29 is 4.74 Å². The zero-order valence-electron chi connectivity index (χ0n) is 13.8. The molecule has 1 aliphatic heterocycles. The van der Waals surface area contributed by atoms with Crippen molar-refractivity contribution in [3.05, 3.63) is 38.8 Å². The molecule has 1 aromatic carbocycles. The molecule has 2 heterocycles. The quantitative estimate of drug-likeness (QED) is 0.907. The highest BCUT2D eigenvalue weighted by Gasteiger charge is 2.20. The molecule has 4 nitrogen and oxygen atoms in total. The molecule has 0 amide bonds. The van der Waals surface area contributed by atoms with E-state index < -0.39 is 0 Å². The highest BCUT2D eigenvalue weighted by Crippen LogP contribution is 2.33. The Morgan fingerprint density at radius 3 is 3.00 bits per heavy atom. The monoisotopic (exact) mass is 332 g/mol. The normalized spacial score (nSPS) is 19.0. The maximum atomic E-state index is 12.0. The molecule has 0 bridgehead atoms. The summed E-state index contributed by atoms with van der Waals surface area (Å²) in [5.74, 6) is 1.57. The van der Waals surface area contributed by atoms with E-state index >= 15 is 0 Å². The fraction of sp³-hybridized carbons (Fsp3) is 0.500. The standard InChI is InChI=1S/C18H24N2O2S/c1-3-22-15-9-5-4-8-14(15)17-16(23-18(21)19-17)12-20-10-6-7-13(2)11-20/h4-5,8-9,13H,3,6-7,10-12H2,1-2H3,(H,19,21). The second-order valence-electron chi connectivity index (χ2n) is 6.22. The van der Waals surface area contributed by atoms with Crippen LogP contribution in [0, 0.1) is 5.92 Å². The minimum atomic E-state index is 0.00589. The molecule has 1 N–H and O–H groups in total. The summed E-state index contributed by atoms with van der Waals surface area (Å²) in [5.41, 5.74) is 1.90. The van der Waals surface area contributed by atoms with E-state index in [1.165, 1.54) is 24.2 Å². The van der Waals surface area contributed by atoms with Gasteiger partial charge in [0.1, 0.15) is 5.75 Å². The van der Waals surface area contributed by atoms with Crippen LogP contribution in [0.5, 0.6) is 5.75 Å². The number of ether oxygens (including phenoxy) is 1. The first-order chi connectivity index (χ1) is 11.2. The van der Waals surface area contributed by atoms with E-state index in [2.05, 4.69) is 16.8 Å². The van der Waals surface area contributed by atoms with Crippen LogP contribution in [-0.4, -0.2) is 29.6 Å². The van der Waals surface area contributed by atoms with Gasteiger partial charge in [0, 0.05) is 23.5 Å². The Balaban J connectivity index is 1.90. The Morgan fingerprint density at radius 2 is 2.22 bits per heavy atom. The molecule has 0 spiro atoms. The van der Waals surface area contributed by atoms with Crippen LogP contribution >= 0.6 is 11.3 Å². The molecule has 2 aromatic rings. The number of piperidine rings is 1. The SMILES string of the molecule is CCOc1ccccc1-c1[nH]c(=O)sc1CN1CCCC(C)C1. The number of nitrogens with one attached hydrogen (secondary N) is 1. The lowest BCUT2D eigenvalue weighted by molar-refractivity contribution is 0.178. The highest BCUT2D eigenvalue weighted by atomic mass is 32.1. The van der Waals surface area contributed by atoms with E-state index in [4.69, 9.17) is 4.74 Å². The van der Waals surface area contributed by atoms with Crippen molar-refractivity contribution in [1.82, 2.24) is 9.88 Å². The summed E-state index contributed by atoms with van der Waals surface area (Å²) < 4.78 is 5.73. The van der Waals surface area contributed by atoms with Crippen molar-refractivity contribution in [3.63, 3.8) is 0 Å². The summed E-state index contributed by atoms with van der Waals surface area (Å²) in [5, 5.41) is 0. The lowest BCUT2D eigenvalue weighted by Gasteiger charge is -2.30. The van der Waals surface area contributed by atoms with Crippen LogP contribution in [0.15, 0.2) is 29.1 Å². The zero-order valence-corrected chi connectivity index (χ0v) is 14.6. The number of aromatic amines is 1. The van der Waals surface area contributed by atoms with Gasteiger partial charge >= 0.3 is 4.87 Å². The summed E-state index contributed by atoms with van der Waals surface area (Å²) >= 11 is 1.32.